The smallest absolute Gasteiger partial charge is 0.269 e. The first kappa shape index (κ1) is 19.0. The van der Waals surface area contributed by atoms with Gasteiger partial charge in [-0.2, -0.15) is 5.10 Å². The standard InChI is InChI=1S/C20H19N5O3/c1-13-12-19(22-20(21-13)17-6-4-5-7-18(17)26)24(3)23-14(2)15-8-10-16(11-9-15)25(27)28/h4-12,26H,1-3H3/b23-14+. The van der Waals surface area contributed by atoms with Gasteiger partial charge in [0, 0.05) is 30.9 Å². The summed E-state index contributed by atoms with van der Waals surface area (Å²) in [5, 5.41) is 27.0. The first-order valence-electron chi connectivity index (χ1n) is 8.53. The van der Waals surface area contributed by atoms with E-state index in [1.54, 1.807) is 54.5 Å². The summed E-state index contributed by atoms with van der Waals surface area (Å²) in [4.78, 5) is 19.3. The maximum absolute atomic E-state index is 10.8. The molecule has 142 valence electrons. The molecular weight excluding hydrogens is 358 g/mol. The third-order valence-corrected chi connectivity index (χ3v) is 4.11. The van der Waals surface area contributed by atoms with Gasteiger partial charge in [-0.1, -0.05) is 12.1 Å². The van der Waals surface area contributed by atoms with Crippen molar-refractivity contribution in [2.45, 2.75) is 13.8 Å². The molecule has 1 heterocycles. The minimum atomic E-state index is -0.438. The molecule has 0 aliphatic carbocycles. The van der Waals surface area contributed by atoms with Gasteiger partial charge in [0.2, 0.25) is 0 Å². The van der Waals surface area contributed by atoms with Crippen molar-refractivity contribution < 1.29 is 10.0 Å². The summed E-state index contributed by atoms with van der Waals surface area (Å²) in [5.41, 5.74) is 2.75. The van der Waals surface area contributed by atoms with E-state index in [2.05, 4.69) is 15.1 Å². The van der Waals surface area contributed by atoms with Gasteiger partial charge in [0.1, 0.15) is 5.75 Å². The summed E-state index contributed by atoms with van der Waals surface area (Å²) in [6, 6.07) is 14.9. The zero-order chi connectivity index (χ0) is 20.3. The second kappa shape index (κ2) is 7.83. The number of non-ortho nitro benzene ring substituents is 1. The molecule has 0 spiro atoms. The van der Waals surface area contributed by atoms with Gasteiger partial charge in [-0.15, -0.1) is 0 Å². The SMILES string of the molecule is C/C(=N\N(C)c1cc(C)nc(-c2ccccc2O)n1)c1ccc([N+](=O)[O-])cc1. The van der Waals surface area contributed by atoms with Crippen LogP contribution in [0.1, 0.15) is 18.2 Å². The van der Waals surface area contributed by atoms with Gasteiger partial charge in [-0.05, 0) is 43.7 Å². The number of hydrogen-bond donors (Lipinski definition) is 1. The highest BCUT2D eigenvalue weighted by molar-refractivity contribution is 5.99. The number of para-hydroxylation sites is 1. The lowest BCUT2D eigenvalue weighted by atomic mass is 10.1. The second-order valence-electron chi connectivity index (χ2n) is 6.22. The average molecular weight is 377 g/mol. The molecular formula is C20H19N5O3. The van der Waals surface area contributed by atoms with Gasteiger partial charge in [0.15, 0.2) is 11.6 Å². The number of benzene rings is 2. The molecule has 1 N–H and O–H groups in total. The molecule has 0 amide bonds. The number of hydrazone groups is 1. The number of aromatic nitrogens is 2. The molecule has 0 bridgehead atoms. The Balaban J connectivity index is 1.91. The Labute approximate surface area is 162 Å². The molecule has 2 aromatic carbocycles. The lowest BCUT2D eigenvalue weighted by molar-refractivity contribution is -0.384. The highest BCUT2D eigenvalue weighted by atomic mass is 16.6. The van der Waals surface area contributed by atoms with Crippen molar-refractivity contribution in [2.75, 3.05) is 12.1 Å². The number of anilines is 1. The Morgan fingerprint density at radius 1 is 1.14 bits per heavy atom. The molecule has 3 aromatic rings. The minimum absolute atomic E-state index is 0.0311. The number of phenols is 1. The number of aromatic hydroxyl groups is 1. The Morgan fingerprint density at radius 3 is 2.46 bits per heavy atom. The van der Waals surface area contributed by atoms with Gasteiger partial charge < -0.3 is 5.11 Å². The van der Waals surface area contributed by atoms with Crippen molar-refractivity contribution in [1.82, 2.24) is 9.97 Å². The molecule has 0 saturated heterocycles. The Kier molecular flexibility index (Phi) is 5.30. The van der Waals surface area contributed by atoms with E-state index in [0.29, 0.717) is 22.9 Å². The fourth-order valence-electron chi connectivity index (χ4n) is 2.66. The van der Waals surface area contributed by atoms with E-state index in [9.17, 15) is 15.2 Å². The van der Waals surface area contributed by atoms with Gasteiger partial charge in [-0.25, -0.2) is 9.97 Å². The van der Waals surface area contributed by atoms with Crippen LogP contribution in [0.25, 0.3) is 11.4 Å². The van der Waals surface area contributed by atoms with Crippen LogP contribution in [-0.2, 0) is 0 Å². The molecule has 8 heteroatoms. The molecule has 0 aliphatic heterocycles. The zero-order valence-electron chi connectivity index (χ0n) is 15.7. The highest BCUT2D eigenvalue weighted by Gasteiger charge is 2.12. The third kappa shape index (κ3) is 4.12. The quantitative estimate of drug-likeness (QED) is 0.410. The van der Waals surface area contributed by atoms with Crippen LogP contribution < -0.4 is 5.01 Å². The van der Waals surface area contributed by atoms with Gasteiger partial charge in [0.25, 0.3) is 5.69 Å². The lowest BCUT2D eigenvalue weighted by Gasteiger charge is -2.15. The van der Waals surface area contributed by atoms with Crippen molar-refractivity contribution in [2.24, 2.45) is 5.10 Å². The number of nitro benzene ring substituents is 1. The summed E-state index contributed by atoms with van der Waals surface area (Å²) in [7, 11) is 1.76. The second-order valence-corrected chi connectivity index (χ2v) is 6.22. The Bertz CT molecular complexity index is 1050. The minimum Gasteiger partial charge on any atom is -0.507 e. The number of phenolic OH excluding ortho intramolecular Hbond substituents is 1. The summed E-state index contributed by atoms with van der Waals surface area (Å²) in [5.74, 6) is 1.07. The summed E-state index contributed by atoms with van der Waals surface area (Å²) < 4.78 is 0. The topological polar surface area (TPSA) is 105 Å². The number of hydrogen-bond acceptors (Lipinski definition) is 7. The van der Waals surface area contributed by atoms with Crippen LogP contribution in [0.4, 0.5) is 11.5 Å². The fourth-order valence-corrected chi connectivity index (χ4v) is 2.66. The Morgan fingerprint density at radius 2 is 1.82 bits per heavy atom. The van der Waals surface area contributed by atoms with E-state index < -0.39 is 4.92 Å². The van der Waals surface area contributed by atoms with E-state index in [0.717, 1.165) is 11.3 Å². The van der Waals surface area contributed by atoms with Crippen molar-refractivity contribution in [3.8, 4) is 17.1 Å². The highest BCUT2D eigenvalue weighted by Crippen LogP contribution is 2.27. The average Bonchev–Trinajstić information content (AvgIpc) is 2.67. The maximum Gasteiger partial charge on any atom is 0.269 e. The zero-order valence-corrected chi connectivity index (χ0v) is 15.7. The Hall–Kier alpha value is -3.81. The van der Waals surface area contributed by atoms with Crippen LogP contribution in [0.3, 0.4) is 0 Å². The van der Waals surface area contributed by atoms with Crippen molar-refractivity contribution in [1.29, 1.82) is 0 Å². The molecule has 8 nitrogen and oxygen atoms in total. The van der Waals surface area contributed by atoms with Crippen LogP contribution in [0, 0.1) is 17.0 Å². The van der Waals surface area contributed by atoms with Crippen molar-refractivity contribution >= 4 is 17.2 Å². The molecule has 0 saturated carbocycles. The van der Waals surface area contributed by atoms with Crippen LogP contribution >= 0.6 is 0 Å². The molecule has 1 aromatic heterocycles. The number of rotatable bonds is 5. The monoisotopic (exact) mass is 377 g/mol. The third-order valence-electron chi connectivity index (χ3n) is 4.11. The van der Waals surface area contributed by atoms with Crippen molar-refractivity contribution in [3.05, 3.63) is 76.0 Å². The first-order valence-corrected chi connectivity index (χ1v) is 8.53. The predicted molar refractivity (Wildman–Crippen MR) is 108 cm³/mol. The molecule has 0 fully saturated rings. The van der Waals surface area contributed by atoms with Crippen molar-refractivity contribution in [3.63, 3.8) is 0 Å². The van der Waals surface area contributed by atoms with Gasteiger partial charge >= 0.3 is 0 Å². The molecule has 3 rings (SSSR count). The molecule has 28 heavy (non-hydrogen) atoms. The molecule has 0 radical (unpaired) electrons. The number of nitro groups is 1. The molecule has 0 atom stereocenters. The molecule has 0 unspecified atom stereocenters. The largest absolute Gasteiger partial charge is 0.507 e. The normalized spacial score (nSPS) is 11.3. The summed E-state index contributed by atoms with van der Waals surface area (Å²) >= 11 is 0. The molecule has 0 aliphatic rings. The van der Waals surface area contributed by atoms with Crippen LogP contribution in [0.15, 0.2) is 59.7 Å². The maximum atomic E-state index is 10.8. The van der Waals surface area contributed by atoms with E-state index in [1.807, 2.05) is 13.8 Å². The van der Waals surface area contributed by atoms with Crippen LogP contribution in [-0.4, -0.2) is 32.8 Å². The van der Waals surface area contributed by atoms with E-state index in [-0.39, 0.29) is 11.4 Å². The number of aryl methyl sites for hydroxylation is 1. The van der Waals surface area contributed by atoms with Gasteiger partial charge in [-0.3, -0.25) is 15.1 Å². The predicted octanol–water partition coefficient (Wildman–Crippen LogP) is 3.93. The lowest BCUT2D eigenvalue weighted by Crippen LogP contribution is -2.15. The van der Waals surface area contributed by atoms with Gasteiger partial charge in [0.05, 0.1) is 16.2 Å². The summed E-state index contributed by atoms with van der Waals surface area (Å²) in [6.07, 6.45) is 0. The van der Waals surface area contributed by atoms with Crippen LogP contribution in [0.2, 0.25) is 0 Å². The van der Waals surface area contributed by atoms with Crippen LogP contribution in [0.5, 0.6) is 5.75 Å². The van der Waals surface area contributed by atoms with E-state index in [1.165, 1.54) is 12.1 Å². The van der Waals surface area contributed by atoms with E-state index >= 15 is 0 Å². The van der Waals surface area contributed by atoms with E-state index in [4.69, 9.17) is 0 Å². The fraction of sp³-hybridized carbons (Fsp3) is 0.150. The first-order chi connectivity index (χ1) is 13.3. The number of nitrogens with zero attached hydrogens (tertiary/aromatic N) is 5. The summed E-state index contributed by atoms with van der Waals surface area (Å²) in [6.45, 7) is 3.66.